The number of aryl methyl sites for hydroxylation is 1. The van der Waals surface area contributed by atoms with Gasteiger partial charge in [0.15, 0.2) is 0 Å². The van der Waals surface area contributed by atoms with E-state index >= 15 is 0 Å². The van der Waals surface area contributed by atoms with Crippen molar-refractivity contribution >= 4 is 6.08 Å². The highest BCUT2D eigenvalue weighted by molar-refractivity contribution is 5.63. The topological polar surface area (TPSA) is 17.0 Å². The molecule has 25 heavy (non-hydrogen) atoms. The summed E-state index contributed by atoms with van der Waals surface area (Å²) >= 11 is 0. The number of nitrogens with zero attached hydrogens (tertiary/aromatic N) is 1. The van der Waals surface area contributed by atoms with E-state index in [1.54, 1.807) is 16.8 Å². The van der Waals surface area contributed by atoms with Crippen molar-refractivity contribution in [2.24, 2.45) is 0 Å². The number of fused-ring (bicyclic) bond motifs is 6. The Morgan fingerprint density at radius 3 is 2.84 bits per heavy atom. The van der Waals surface area contributed by atoms with E-state index in [4.69, 9.17) is 0 Å². The maximum Gasteiger partial charge on any atom is 0.0447 e. The van der Waals surface area contributed by atoms with Gasteiger partial charge in [0.05, 0.1) is 0 Å². The van der Waals surface area contributed by atoms with E-state index in [0.29, 0.717) is 12.1 Å². The van der Waals surface area contributed by atoms with Crippen molar-refractivity contribution in [1.29, 1.82) is 0 Å². The molecule has 2 aliphatic heterocycles. The Kier molecular flexibility index (Phi) is 3.46. The van der Waals surface area contributed by atoms with Gasteiger partial charge in [-0.25, -0.2) is 0 Å². The fraction of sp³-hybridized carbons (Fsp3) is 0.478. The first-order valence-electron chi connectivity index (χ1n) is 9.86. The normalized spacial score (nSPS) is 25.7. The van der Waals surface area contributed by atoms with Crippen LogP contribution < -0.4 is 5.32 Å². The van der Waals surface area contributed by atoms with Crippen LogP contribution in [0.1, 0.15) is 67.2 Å². The summed E-state index contributed by atoms with van der Waals surface area (Å²) in [7, 11) is 0. The molecule has 1 N–H and O–H groups in total. The van der Waals surface area contributed by atoms with Gasteiger partial charge < -0.3 is 9.88 Å². The molecule has 2 nitrogen and oxygen atoms in total. The molecule has 1 aliphatic carbocycles. The number of allylic oxidation sites excluding steroid dienone is 1. The number of rotatable bonds is 3. The minimum absolute atomic E-state index is 0.253. The average molecular weight is 332 g/mol. The number of benzene rings is 1. The van der Waals surface area contributed by atoms with E-state index in [9.17, 15) is 0 Å². The number of hydrogen-bond acceptors (Lipinski definition) is 1. The third kappa shape index (κ3) is 2.42. The molecule has 2 aromatic rings. The highest BCUT2D eigenvalue weighted by Crippen LogP contribution is 2.47. The van der Waals surface area contributed by atoms with Gasteiger partial charge in [0.2, 0.25) is 0 Å². The van der Waals surface area contributed by atoms with Gasteiger partial charge in [-0.05, 0) is 53.9 Å². The Hall–Kier alpha value is -1.80. The number of nitrogens with one attached hydrogen (secondary N) is 1. The molecule has 2 atom stereocenters. The maximum absolute atomic E-state index is 3.88. The second kappa shape index (κ2) is 5.60. The van der Waals surface area contributed by atoms with Gasteiger partial charge in [-0.3, -0.25) is 0 Å². The fourth-order valence-electron chi connectivity index (χ4n) is 5.34. The second-order valence-electron chi connectivity index (χ2n) is 8.70. The molecule has 0 amide bonds. The van der Waals surface area contributed by atoms with E-state index in [1.165, 1.54) is 30.5 Å². The fourth-order valence-corrected chi connectivity index (χ4v) is 5.34. The lowest BCUT2D eigenvalue weighted by Gasteiger charge is -2.31. The summed E-state index contributed by atoms with van der Waals surface area (Å²) in [5.74, 6) is 0. The van der Waals surface area contributed by atoms with Gasteiger partial charge >= 0.3 is 0 Å². The highest BCUT2D eigenvalue weighted by Gasteiger charge is 2.42. The zero-order valence-corrected chi connectivity index (χ0v) is 15.4. The average Bonchev–Trinajstić information content (AvgIpc) is 3.14. The molecule has 1 saturated heterocycles. The molecule has 5 rings (SSSR count). The molecular formula is C23H28N2. The van der Waals surface area contributed by atoms with Crippen LogP contribution in [-0.4, -0.2) is 10.6 Å². The lowest BCUT2D eigenvalue weighted by Crippen LogP contribution is -2.34. The molecule has 130 valence electrons. The van der Waals surface area contributed by atoms with Crippen LogP contribution in [0, 0.1) is 0 Å². The van der Waals surface area contributed by atoms with Crippen LogP contribution in [0.5, 0.6) is 0 Å². The molecule has 0 saturated carbocycles. The van der Waals surface area contributed by atoms with Crippen molar-refractivity contribution in [3.8, 4) is 0 Å². The van der Waals surface area contributed by atoms with Crippen LogP contribution in [0.4, 0.5) is 0 Å². The van der Waals surface area contributed by atoms with Crippen LogP contribution in [0.15, 0.2) is 36.4 Å². The summed E-state index contributed by atoms with van der Waals surface area (Å²) < 4.78 is 2.67. The lowest BCUT2D eigenvalue weighted by molar-refractivity contribution is 0.477. The van der Waals surface area contributed by atoms with Gasteiger partial charge in [0.25, 0.3) is 0 Å². The number of hydrogen-bond donors (Lipinski definition) is 1. The largest absolute Gasteiger partial charge is 0.344 e. The molecule has 1 fully saturated rings. The van der Waals surface area contributed by atoms with Gasteiger partial charge in [-0.1, -0.05) is 50.3 Å². The summed E-state index contributed by atoms with van der Waals surface area (Å²) in [6.07, 6.45) is 10.9. The Balaban J connectivity index is 1.61. The van der Waals surface area contributed by atoms with Crippen molar-refractivity contribution < 1.29 is 0 Å². The van der Waals surface area contributed by atoms with Crippen molar-refractivity contribution in [2.75, 3.05) is 0 Å². The van der Waals surface area contributed by atoms with Gasteiger partial charge in [0.1, 0.15) is 0 Å². The van der Waals surface area contributed by atoms with Crippen LogP contribution in [0.2, 0.25) is 0 Å². The monoisotopic (exact) mass is 332 g/mol. The van der Waals surface area contributed by atoms with Gasteiger partial charge in [0, 0.05) is 36.4 Å². The molecule has 1 aromatic carbocycles. The molecule has 0 spiro atoms. The summed E-state index contributed by atoms with van der Waals surface area (Å²) in [5, 5.41) is 3.88. The maximum atomic E-state index is 3.88. The van der Waals surface area contributed by atoms with E-state index in [2.05, 4.69) is 66.2 Å². The van der Waals surface area contributed by atoms with Gasteiger partial charge in [-0.2, -0.15) is 0 Å². The molecule has 0 radical (unpaired) electrons. The summed E-state index contributed by atoms with van der Waals surface area (Å²) in [6, 6.07) is 12.2. The summed E-state index contributed by atoms with van der Waals surface area (Å²) in [6.45, 7) is 5.96. The van der Waals surface area contributed by atoms with Crippen LogP contribution >= 0.6 is 0 Å². The second-order valence-corrected chi connectivity index (χ2v) is 8.70. The van der Waals surface area contributed by atoms with E-state index in [0.717, 1.165) is 19.4 Å². The van der Waals surface area contributed by atoms with Crippen LogP contribution in [-0.2, 0) is 24.8 Å². The van der Waals surface area contributed by atoms with E-state index in [-0.39, 0.29) is 5.41 Å². The first kappa shape index (κ1) is 15.5. The first-order valence-corrected chi connectivity index (χ1v) is 9.86. The Labute approximate surface area is 150 Å². The molecule has 2 unspecified atom stereocenters. The molecule has 2 bridgehead atoms. The Morgan fingerprint density at radius 1 is 1.16 bits per heavy atom. The Morgan fingerprint density at radius 2 is 2.00 bits per heavy atom. The predicted molar refractivity (Wildman–Crippen MR) is 104 cm³/mol. The van der Waals surface area contributed by atoms with E-state index in [1.807, 2.05) is 0 Å². The SMILES string of the molecule is CC1(C)CC=Cc2c1c1c(n2CCc2ccccc2)CC2CCC1N2. The lowest BCUT2D eigenvalue weighted by atomic mass is 9.75. The molecular weight excluding hydrogens is 304 g/mol. The minimum atomic E-state index is 0.253. The molecule has 3 heterocycles. The third-order valence-electron chi connectivity index (χ3n) is 6.53. The zero-order valence-electron chi connectivity index (χ0n) is 15.4. The smallest absolute Gasteiger partial charge is 0.0447 e. The van der Waals surface area contributed by atoms with Crippen molar-refractivity contribution in [2.45, 2.75) is 70.0 Å². The summed E-state index contributed by atoms with van der Waals surface area (Å²) in [4.78, 5) is 0. The Bertz CT molecular complexity index is 826. The van der Waals surface area contributed by atoms with Crippen molar-refractivity contribution in [3.63, 3.8) is 0 Å². The van der Waals surface area contributed by atoms with Crippen molar-refractivity contribution in [1.82, 2.24) is 9.88 Å². The van der Waals surface area contributed by atoms with Crippen molar-refractivity contribution in [3.05, 3.63) is 64.5 Å². The first-order chi connectivity index (χ1) is 12.1. The highest BCUT2D eigenvalue weighted by atomic mass is 15.1. The number of aromatic nitrogens is 1. The zero-order chi connectivity index (χ0) is 17.0. The quantitative estimate of drug-likeness (QED) is 0.856. The van der Waals surface area contributed by atoms with Gasteiger partial charge in [-0.15, -0.1) is 0 Å². The third-order valence-corrected chi connectivity index (χ3v) is 6.53. The predicted octanol–water partition coefficient (Wildman–Crippen LogP) is 4.77. The molecule has 2 heteroatoms. The van der Waals surface area contributed by atoms with Crippen LogP contribution in [0.3, 0.4) is 0 Å². The summed E-state index contributed by atoms with van der Waals surface area (Å²) in [5.41, 5.74) is 8.11. The standard InChI is InChI=1S/C23H28N2/c1-23(2)13-6-9-19-22(23)21-18-11-10-17(24-18)15-20(21)25(19)14-12-16-7-4-3-5-8-16/h3-9,17-18,24H,10-15H2,1-2H3. The molecule has 3 aliphatic rings. The minimum Gasteiger partial charge on any atom is -0.344 e. The van der Waals surface area contributed by atoms with Crippen LogP contribution in [0.25, 0.3) is 6.08 Å². The molecule has 1 aromatic heterocycles. The van der Waals surface area contributed by atoms with E-state index < -0.39 is 0 Å².